The van der Waals surface area contributed by atoms with Crippen LogP contribution in [0.1, 0.15) is 54.1 Å². The highest BCUT2D eigenvalue weighted by molar-refractivity contribution is 9.09. The van der Waals surface area contributed by atoms with Gasteiger partial charge in [-0.1, -0.05) is 41.1 Å². The Morgan fingerprint density at radius 1 is 1.26 bits per heavy atom. The Labute approximate surface area is 124 Å². The Morgan fingerprint density at radius 2 is 2.05 bits per heavy atom. The lowest BCUT2D eigenvalue weighted by atomic mass is 9.86. The SMILES string of the molecule is CCC1OCCC1C(Br)c1ccc2c(c1)CCCC2. The Balaban J connectivity index is 1.81. The van der Waals surface area contributed by atoms with Gasteiger partial charge in [-0.15, -0.1) is 0 Å². The van der Waals surface area contributed by atoms with Crippen molar-refractivity contribution in [2.45, 2.75) is 56.4 Å². The van der Waals surface area contributed by atoms with Crippen LogP contribution in [0, 0.1) is 5.92 Å². The average molecular weight is 323 g/mol. The maximum absolute atomic E-state index is 5.84. The third-order valence-corrected chi connectivity index (χ3v) is 5.94. The van der Waals surface area contributed by atoms with Crippen molar-refractivity contribution >= 4 is 15.9 Å². The minimum Gasteiger partial charge on any atom is -0.378 e. The minimum absolute atomic E-state index is 0.431. The summed E-state index contributed by atoms with van der Waals surface area (Å²) < 4.78 is 5.84. The number of benzene rings is 1. The molecule has 3 unspecified atom stereocenters. The molecule has 1 aliphatic carbocycles. The standard InChI is InChI=1S/C17H23BrO/c1-2-16-15(9-10-19-16)17(18)14-8-7-12-5-3-4-6-13(12)11-14/h7-8,11,15-17H,2-6,9-10H2,1H3. The van der Waals surface area contributed by atoms with Gasteiger partial charge in [0, 0.05) is 17.4 Å². The molecule has 0 bridgehead atoms. The van der Waals surface area contributed by atoms with Gasteiger partial charge in [-0.25, -0.2) is 0 Å². The van der Waals surface area contributed by atoms with Crippen LogP contribution in [0.25, 0.3) is 0 Å². The van der Waals surface area contributed by atoms with E-state index >= 15 is 0 Å². The first kappa shape index (κ1) is 13.6. The van der Waals surface area contributed by atoms with Crippen molar-refractivity contribution in [3.63, 3.8) is 0 Å². The van der Waals surface area contributed by atoms with Crippen molar-refractivity contribution in [3.05, 3.63) is 34.9 Å². The summed E-state index contributed by atoms with van der Waals surface area (Å²) in [6, 6.07) is 7.13. The molecule has 1 saturated heterocycles. The van der Waals surface area contributed by atoms with Gasteiger partial charge in [-0.2, -0.15) is 0 Å². The van der Waals surface area contributed by atoms with E-state index in [1.54, 1.807) is 11.1 Å². The average Bonchev–Trinajstić information content (AvgIpc) is 2.94. The largest absolute Gasteiger partial charge is 0.378 e. The molecule has 0 spiro atoms. The fraction of sp³-hybridized carbons (Fsp3) is 0.647. The topological polar surface area (TPSA) is 9.23 Å². The molecule has 1 aromatic carbocycles. The lowest BCUT2D eigenvalue weighted by Crippen LogP contribution is -2.19. The van der Waals surface area contributed by atoms with Gasteiger partial charge in [0.15, 0.2) is 0 Å². The van der Waals surface area contributed by atoms with Gasteiger partial charge in [-0.05, 0) is 55.2 Å². The molecule has 1 nitrogen and oxygen atoms in total. The summed E-state index contributed by atoms with van der Waals surface area (Å²) >= 11 is 3.94. The first-order valence-electron chi connectivity index (χ1n) is 7.67. The van der Waals surface area contributed by atoms with Crippen LogP contribution in [0.4, 0.5) is 0 Å². The van der Waals surface area contributed by atoms with E-state index in [9.17, 15) is 0 Å². The lowest BCUT2D eigenvalue weighted by Gasteiger charge is -2.24. The van der Waals surface area contributed by atoms with Crippen LogP contribution in [-0.4, -0.2) is 12.7 Å². The molecule has 3 atom stereocenters. The smallest absolute Gasteiger partial charge is 0.0615 e. The van der Waals surface area contributed by atoms with Crippen LogP contribution in [0.15, 0.2) is 18.2 Å². The van der Waals surface area contributed by atoms with E-state index in [4.69, 9.17) is 4.74 Å². The number of rotatable bonds is 3. The van der Waals surface area contributed by atoms with E-state index in [0.29, 0.717) is 16.8 Å². The molecule has 0 radical (unpaired) electrons. The zero-order valence-electron chi connectivity index (χ0n) is 11.7. The van der Waals surface area contributed by atoms with E-state index in [0.717, 1.165) is 13.0 Å². The van der Waals surface area contributed by atoms with Gasteiger partial charge in [0.05, 0.1) is 6.10 Å². The normalized spacial score (nSPS) is 28.1. The monoisotopic (exact) mass is 322 g/mol. The highest BCUT2D eigenvalue weighted by Gasteiger charge is 2.33. The number of ether oxygens (including phenoxy) is 1. The molecule has 2 heteroatoms. The first-order chi connectivity index (χ1) is 9.29. The predicted octanol–water partition coefficient (Wildman–Crippen LogP) is 4.82. The fourth-order valence-electron chi connectivity index (χ4n) is 3.59. The van der Waals surface area contributed by atoms with E-state index < -0.39 is 0 Å². The van der Waals surface area contributed by atoms with Crippen molar-refractivity contribution in [2.75, 3.05) is 6.61 Å². The molecule has 1 aromatic rings. The summed E-state index contributed by atoms with van der Waals surface area (Å²) in [5.74, 6) is 0.631. The Hall–Kier alpha value is -0.340. The zero-order chi connectivity index (χ0) is 13.2. The fourth-order valence-corrected chi connectivity index (χ4v) is 4.48. The summed E-state index contributed by atoms with van der Waals surface area (Å²) in [5.41, 5.74) is 4.61. The molecule has 0 aromatic heterocycles. The zero-order valence-corrected chi connectivity index (χ0v) is 13.3. The van der Waals surface area contributed by atoms with Crippen molar-refractivity contribution in [3.8, 4) is 0 Å². The Morgan fingerprint density at radius 3 is 2.84 bits per heavy atom. The highest BCUT2D eigenvalue weighted by Crippen LogP contribution is 2.41. The quantitative estimate of drug-likeness (QED) is 0.725. The molecular formula is C17H23BrO. The Bertz CT molecular complexity index is 443. The van der Waals surface area contributed by atoms with Crippen LogP contribution < -0.4 is 0 Å². The molecule has 0 saturated carbocycles. The number of hydrogen-bond acceptors (Lipinski definition) is 1. The van der Waals surface area contributed by atoms with Crippen LogP contribution >= 0.6 is 15.9 Å². The van der Waals surface area contributed by atoms with Crippen molar-refractivity contribution < 1.29 is 4.74 Å². The molecule has 0 N–H and O–H groups in total. The molecule has 104 valence electrons. The van der Waals surface area contributed by atoms with E-state index in [1.807, 2.05) is 0 Å². The molecular weight excluding hydrogens is 300 g/mol. The third kappa shape index (κ3) is 2.75. The second kappa shape index (κ2) is 5.97. The van der Waals surface area contributed by atoms with E-state index in [2.05, 4.69) is 41.1 Å². The van der Waals surface area contributed by atoms with Gasteiger partial charge < -0.3 is 4.74 Å². The van der Waals surface area contributed by atoms with Crippen molar-refractivity contribution in [1.29, 1.82) is 0 Å². The predicted molar refractivity (Wildman–Crippen MR) is 82.9 cm³/mol. The summed E-state index contributed by atoms with van der Waals surface area (Å²) in [7, 11) is 0. The van der Waals surface area contributed by atoms with E-state index in [-0.39, 0.29) is 0 Å². The van der Waals surface area contributed by atoms with Gasteiger partial charge in [0.2, 0.25) is 0 Å². The molecule has 1 heterocycles. The number of alkyl halides is 1. The minimum atomic E-state index is 0.431. The number of halogens is 1. The Kier molecular flexibility index (Phi) is 4.28. The summed E-state index contributed by atoms with van der Waals surface area (Å²) in [5, 5.41) is 0. The number of hydrogen-bond donors (Lipinski definition) is 0. The van der Waals surface area contributed by atoms with Gasteiger partial charge in [0.1, 0.15) is 0 Å². The second-order valence-corrected chi connectivity index (χ2v) is 6.89. The summed E-state index contributed by atoms with van der Waals surface area (Å²) in [6.45, 7) is 3.16. The maximum atomic E-state index is 5.84. The van der Waals surface area contributed by atoms with Crippen molar-refractivity contribution in [1.82, 2.24) is 0 Å². The van der Waals surface area contributed by atoms with Crippen LogP contribution in [0.3, 0.4) is 0 Å². The maximum Gasteiger partial charge on any atom is 0.0615 e. The van der Waals surface area contributed by atoms with Gasteiger partial charge in [-0.3, -0.25) is 0 Å². The second-order valence-electron chi connectivity index (χ2n) is 5.91. The van der Waals surface area contributed by atoms with Gasteiger partial charge in [0.25, 0.3) is 0 Å². The molecule has 1 aliphatic heterocycles. The third-order valence-electron chi connectivity index (χ3n) is 4.73. The number of aryl methyl sites for hydroxylation is 2. The molecule has 3 rings (SSSR count). The van der Waals surface area contributed by atoms with Crippen LogP contribution in [0.5, 0.6) is 0 Å². The summed E-state index contributed by atoms with van der Waals surface area (Å²) in [4.78, 5) is 0.451. The van der Waals surface area contributed by atoms with Crippen LogP contribution in [0.2, 0.25) is 0 Å². The first-order valence-corrected chi connectivity index (χ1v) is 8.58. The van der Waals surface area contributed by atoms with E-state index in [1.165, 1.54) is 37.7 Å². The summed E-state index contributed by atoms with van der Waals surface area (Å²) in [6.07, 6.45) is 7.99. The molecule has 1 fully saturated rings. The molecule has 2 aliphatic rings. The highest BCUT2D eigenvalue weighted by atomic mass is 79.9. The molecule has 19 heavy (non-hydrogen) atoms. The van der Waals surface area contributed by atoms with Gasteiger partial charge >= 0.3 is 0 Å². The molecule has 0 amide bonds. The van der Waals surface area contributed by atoms with Crippen LogP contribution in [-0.2, 0) is 17.6 Å². The van der Waals surface area contributed by atoms with Crippen molar-refractivity contribution in [2.24, 2.45) is 5.92 Å². The lowest BCUT2D eigenvalue weighted by molar-refractivity contribution is 0.0873. The number of fused-ring (bicyclic) bond motifs is 1.